The van der Waals surface area contributed by atoms with Gasteiger partial charge < -0.3 is 4.90 Å². The summed E-state index contributed by atoms with van der Waals surface area (Å²) >= 11 is 0. The lowest BCUT2D eigenvalue weighted by Crippen LogP contribution is -2.36. The zero-order chi connectivity index (χ0) is 18.7. The number of amides is 1. The van der Waals surface area contributed by atoms with Crippen molar-refractivity contribution in [3.05, 3.63) is 58.7 Å². The third-order valence-corrected chi connectivity index (χ3v) is 4.55. The van der Waals surface area contributed by atoms with Crippen molar-refractivity contribution in [1.82, 2.24) is 14.9 Å². The van der Waals surface area contributed by atoms with Gasteiger partial charge in [0.25, 0.3) is 0 Å². The van der Waals surface area contributed by atoms with Gasteiger partial charge in [-0.05, 0) is 42.0 Å². The van der Waals surface area contributed by atoms with Crippen molar-refractivity contribution in [2.75, 3.05) is 6.54 Å². The molecule has 1 aromatic carbocycles. The molecule has 4 nitrogen and oxygen atoms in total. The Morgan fingerprint density at radius 1 is 1.27 bits per heavy atom. The third-order valence-electron chi connectivity index (χ3n) is 4.55. The van der Waals surface area contributed by atoms with Crippen molar-refractivity contribution in [2.24, 2.45) is 5.92 Å². The van der Waals surface area contributed by atoms with Crippen LogP contribution in [0.4, 0.5) is 8.78 Å². The van der Waals surface area contributed by atoms with E-state index >= 15 is 0 Å². The van der Waals surface area contributed by atoms with Crippen LogP contribution in [0.5, 0.6) is 0 Å². The van der Waals surface area contributed by atoms with Gasteiger partial charge in [0.15, 0.2) is 11.6 Å². The fraction of sp³-hybridized carbons (Fsp3) is 0.450. The molecule has 0 saturated heterocycles. The first-order valence-electron chi connectivity index (χ1n) is 8.97. The maximum atomic E-state index is 13.3. The van der Waals surface area contributed by atoms with Crippen LogP contribution in [0.25, 0.3) is 0 Å². The molecule has 0 radical (unpaired) electrons. The van der Waals surface area contributed by atoms with Crippen LogP contribution in [0.3, 0.4) is 0 Å². The fourth-order valence-corrected chi connectivity index (χ4v) is 3.13. The molecule has 0 spiro atoms. The molecule has 1 amide bonds. The van der Waals surface area contributed by atoms with Gasteiger partial charge in [0.05, 0.1) is 12.2 Å². The van der Waals surface area contributed by atoms with Gasteiger partial charge >= 0.3 is 0 Å². The van der Waals surface area contributed by atoms with Gasteiger partial charge in [0.1, 0.15) is 5.82 Å². The van der Waals surface area contributed by atoms with E-state index in [1.165, 1.54) is 6.07 Å². The number of halogens is 2. The van der Waals surface area contributed by atoms with E-state index in [0.717, 1.165) is 42.1 Å². The first kappa shape index (κ1) is 18.4. The Balaban J connectivity index is 1.62. The Morgan fingerprint density at radius 2 is 2.08 bits per heavy atom. The maximum absolute atomic E-state index is 13.3. The van der Waals surface area contributed by atoms with Crippen LogP contribution in [0, 0.1) is 17.6 Å². The van der Waals surface area contributed by atoms with Crippen LogP contribution < -0.4 is 0 Å². The van der Waals surface area contributed by atoms with Crippen LogP contribution >= 0.6 is 0 Å². The number of fused-ring (bicyclic) bond motifs is 1. The van der Waals surface area contributed by atoms with Crippen molar-refractivity contribution in [3.63, 3.8) is 0 Å². The van der Waals surface area contributed by atoms with Crippen molar-refractivity contribution in [1.29, 1.82) is 0 Å². The quantitative estimate of drug-likeness (QED) is 0.821. The highest BCUT2D eigenvalue weighted by molar-refractivity contribution is 5.76. The molecule has 0 bridgehead atoms. The third kappa shape index (κ3) is 4.42. The molecule has 1 aromatic heterocycles. The summed E-state index contributed by atoms with van der Waals surface area (Å²) in [5.41, 5.74) is 2.64. The van der Waals surface area contributed by atoms with E-state index in [2.05, 4.69) is 23.8 Å². The van der Waals surface area contributed by atoms with E-state index in [0.29, 0.717) is 31.0 Å². The lowest BCUT2D eigenvalue weighted by molar-refractivity contribution is -0.132. The number of nitrogens with zero attached hydrogens (tertiary/aromatic N) is 3. The standard InChI is InChI=1S/C20H23F2N3O/c1-13(2)9-19-23-11-15-7-8-25(12-18(15)24-19)20(26)6-4-14-3-5-16(21)17(22)10-14/h3,5,10-11,13H,4,6-9,12H2,1-2H3. The SMILES string of the molecule is CC(C)Cc1ncc2c(n1)CN(C(=O)CCc1ccc(F)c(F)c1)CC2. The van der Waals surface area contributed by atoms with Gasteiger partial charge in [-0.15, -0.1) is 0 Å². The van der Waals surface area contributed by atoms with E-state index in [1.807, 2.05) is 6.20 Å². The molecule has 0 aliphatic carbocycles. The molecule has 2 heterocycles. The Hall–Kier alpha value is -2.37. The van der Waals surface area contributed by atoms with Crippen LogP contribution in [-0.4, -0.2) is 27.3 Å². The molecule has 2 aromatic rings. The topological polar surface area (TPSA) is 46.1 Å². The second kappa shape index (κ2) is 7.89. The maximum Gasteiger partial charge on any atom is 0.223 e. The van der Waals surface area contributed by atoms with E-state index in [4.69, 9.17) is 0 Å². The number of carbonyl (C=O) groups excluding carboxylic acids is 1. The molecule has 26 heavy (non-hydrogen) atoms. The summed E-state index contributed by atoms with van der Waals surface area (Å²) in [6.45, 7) is 5.36. The minimum absolute atomic E-state index is 0.00408. The van der Waals surface area contributed by atoms with Crippen molar-refractivity contribution in [2.45, 2.75) is 46.1 Å². The Labute approximate surface area is 152 Å². The van der Waals surface area contributed by atoms with E-state index in [9.17, 15) is 13.6 Å². The normalized spacial score (nSPS) is 13.8. The zero-order valence-electron chi connectivity index (χ0n) is 15.1. The van der Waals surface area contributed by atoms with Crippen LogP contribution in [-0.2, 0) is 30.6 Å². The summed E-state index contributed by atoms with van der Waals surface area (Å²) in [5.74, 6) is -0.453. The Kier molecular flexibility index (Phi) is 5.59. The second-order valence-corrected chi connectivity index (χ2v) is 7.17. The largest absolute Gasteiger partial charge is 0.336 e. The molecule has 1 aliphatic heterocycles. The Morgan fingerprint density at radius 3 is 2.81 bits per heavy atom. The number of benzene rings is 1. The summed E-state index contributed by atoms with van der Waals surface area (Å²) in [6, 6.07) is 3.77. The Bertz CT molecular complexity index is 808. The van der Waals surface area contributed by atoms with Gasteiger partial charge in [-0.2, -0.15) is 0 Å². The van der Waals surface area contributed by atoms with Crippen LogP contribution in [0.1, 0.15) is 42.9 Å². The van der Waals surface area contributed by atoms with Crippen molar-refractivity contribution < 1.29 is 13.6 Å². The average Bonchev–Trinajstić information content (AvgIpc) is 2.61. The predicted molar refractivity (Wildman–Crippen MR) is 94.4 cm³/mol. The molecular weight excluding hydrogens is 336 g/mol. The summed E-state index contributed by atoms with van der Waals surface area (Å²) in [4.78, 5) is 23.3. The molecule has 0 fully saturated rings. The number of hydrogen-bond donors (Lipinski definition) is 0. The summed E-state index contributed by atoms with van der Waals surface area (Å²) in [7, 11) is 0. The van der Waals surface area contributed by atoms with Crippen molar-refractivity contribution >= 4 is 5.91 Å². The van der Waals surface area contributed by atoms with E-state index < -0.39 is 11.6 Å². The zero-order valence-corrected chi connectivity index (χ0v) is 15.1. The smallest absolute Gasteiger partial charge is 0.223 e. The number of carbonyl (C=O) groups is 1. The minimum atomic E-state index is -0.878. The molecule has 0 N–H and O–H groups in total. The predicted octanol–water partition coefficient (Wildman–Crippen LogP) is 3.47. The van der Waals surface area contributed by atoms with E-state index in [1.54, 1.807) is 4.90 Å². The second-order valence-electron chi connectivity index (χ2n) is 7.17. The van der Waals surface area contributed by atoms with Gasteiger partial charge in [0, 0.05) is 25.6 Å². The summed E-state index contributed by atoms with van der Waals surface area (Å²) < 4.78 is 26.2. The number of rotatable bonds is 5. The summed E-state index contributed by atoms with van der Waals surface area (Å²) in [5, 5.41) is 0. The lowest BCUT2D eigenvalue weighted by Gasteiger charge is -2.28. The number of aromatic nitrogens is 2. The fourth-order valence-electron chi connectivity index (χ4n) is 3.13. The first-order chi connectivity index (χ1) is 12.4. The monoisotopic (exact) mass is 359 g/mol. The van der Waals surface area contributed by atoms with Crippen LogP contribution in [0.15, 0.2) is 24.4 Å². The molecule has 0 saturated carbocycles. The molecular formula is C20H23F2N3O. The molecule has 3 rings (SSSR count). The van der Waals surface area contributed by atoms with Gasteiger partial charge in [0.2, 0.25) is 5.91 Å². The highest BCUT2D eigenvalue weighted by Crippen LogP contribution is 2.19. The lowest BCUT2D eigenvalue weighted by atomic mass is 10.0. The average molecular weight is 359 g/mol. The van der Waals surface area contributed by atoms with Crippen LogP contribution in [0.2, 0.25) is 0 Å². The van der Waals surface area contributed by atoms with E-state index in [-0.39, 0.29) is 12.3 Å². The number of hydrogen-bond acceptors (Lipinski definition) is 3. The highest BCUT2D eigenvalue weighted by atomic mass is 19.2. The highest BCUT2D eigenvalue weighted by Gasteiger charge is 2.22. The molecule has 1 aliphatic rings. The van der Waals surface area contributed by atoms with Crippen molar-refractivity contribution in [3.8, 4) is 0 Å². The van der Waals surface area contributed by atoms with Gasteiger partial charge in [-0.1, -0.05) is 19.9 Å². The first-order valence-corrected chi connectivity index (χ1v) is 8.97. The minimum Gasteiger partial charge on any atom is -0.336 e. The number of aryl methyl sites for hydroxylation is 1. The molecule has 0 unspecified atom stereocenters. The molecule has 6 heteroatoms. The molecule has 0 atom stereocenters. The summed E-state index contributed by atoms with van der Waals surface area (Å²) in [6.07, 6.45) is 4.10. The van der Waals surface area contributed by atoms with Gasteiger partial charge in [-0.25, -0.2) is 18.7 Å². The van der Waals surface area contributed by atoms with Gasteiger partial charge in [-0.3, -0.25) is 4.79 Å². The molecule has 138 valence electrons.